The van der Waals surface area contributed by atoms with Gasteiger partial charge in [-0.15, -0.1) is 0 Å². The number of benzene rings is 3. The molecule has 30 heavy (non-hydrogen) atoms. The number of nitrogens with zero attached hydrogens (tertiary/aromatic N) is 1. The van der Waals surface area contributed by atoms with Crippen LogP contribution in [0.5, 0.6) is 0 Å². The number of sulfonamides is 1. The summed E-state index contributed by atoms with van der Waals surface area (Å²) in [7, 11) is -4.13. The van der Waals surface area contributed by atoms with Crippen molar-refractivity contribution in [2.45, 2.75) is 11.3 Å². The van der Waals surface area contributed by atoms with Crippen LogP contribution in [-0.2, 0) is 16.4 Å². The molecular weight excluding hydrogens is 410 g/mol. The third kappa shape index (κ3) is 3.87. The number of primary sulfonamides is 1. The number of hydrogen-bond acceptors (Lipinski definition) is 4. The van der Waals surface area contributed by atoms with Gasteiger partial charge < -0.3 is 4.42 Å². The molecule has 2 N–H and O–H groups in total. The molecule has 1 heterocycles. The molecule has 0 aliphatic carbocycles. The Morgan fingerprint density at radius 1 is 0.867 bits per heavy atom. The Hall–Kier alpha value is -3.36. The Kier molecular flexibility index (Phi) is 5.19. The second kappa shape index (κ2) is 7.81. The largest absolute Gasteiger partial charge is 0.440 e. The Balaban J connectivity index is 1.96. The van der Waals surface area contributed by atoms with Gasteiger partial charge in [-0.25, -0.2) is 27.3 Å². The van der Waals surface area contributed by atoms with Crippen LogP contribution in [0.2, 0.25) is 0 Å². The van der Waals surface area contributed by atoms with Gasteiger partial charge in [0.1, 0.15) is 17.3 Å². The summed E-state index contributed by atoms with van der Waals surface area (Å²) in [5, 5.41) is 5.34. The minimum absolute atomic E-state index is 0.0736. The van der Waals surface area contributed by atoms with Crippen LogP contribution in [0.25, 0.3) is 22.6 Å². The number of oxazole rings is 1. The van der Waals surface area contributed by atoms with Crippen molar-refractivity contribution in [1.82, 2.24) is 4.98 Å². The van der Waals surface area contributed by atoms with Gasteiger partial charge in [0.05, 0.1) is 10.5 Å². The zero-order chi connectivity index (χ0) is 21.3. The predicted octanol–water partition coefficient (Wildman–Crippen LogP) is 4.53. The average Bonchev–Trinajstić information content (AvgIpc) is 3.11. The van der Waals surface area contributed by atoms with Crippen molar-refractivity contribution in [1.29, 1.82) is 0 Å². The normalized spacial score (nSPS) is 11.6. The topological polar surface area (TPSA) is 86.2 Å². The summed E-state index contributed by atoms with van der Waals surface area (Å²) in [6, 6.07) is 18.5. The monoisotopic (exact) mass is 426 g/mol. The lowest BCUT2D eigenvalue weighted by molar-refractivity contribution is 0.517. The molecule has 1 aromatic heterocycles. The van der Waals surface area contributed by atoms with Crippen molar-refractivity contribution < 1.29 is 21.6 Å². The van der Waals surface area contributed by atoms with Gasteiger partial charge in [-0.3, -0.25) is 0 Å². The van der Waals surface area contributed by atoms with E-state index < -0.39 is 27.2 Å². The molecule has 0 spiro atoms. The van der Waals surface area contributed by atoms with Crippen LogP contribution in [0, 0.1) is 11.6 Å². The molecule has 4 aromatic rings. The minimum Gasteiger partial charge on any atom is -0.440 e. The number of hydrogen-bond donors (Lipinski definition) is 1. The molecule has 0 aliphatic heterocycles. The molecule has 0 aliphatic rings. The Morgan fingerprint density at radius 3 is 2.17 bits per heavy atom. The third-order valence-corrected chi connectivity index (χ3v) is 5.48. The van der Waals surface area contributed by atoms with Crippen LogP contribution >= 0.6 is 0 Å². The predicted molar refractivity (Wildman–Crippen MR) is 108 cm³/mol. The highest BCUT2D eigenvalue weighted by atomic mass is 32.2. The van der Waals surface area contributed by atoms with Crippen LogP contribution in [0.3, 0.4) is 0 Å². The maximum Gasteiger partial charge on any atom is 0.238 e. The fraction of sp³-hybridized carbons (Fsp3) is 0.0455. The van der Waals surface area contributed by atoms with E-state index in [9.17, 15) is 17.2 Å². The van der Waals surface area contributed by atoms with Gasteiger partial charge in [-0.1, -0.05) is 48.5 Å². The van der Waals surface area contributed by atoms with Gasteiger partial charge in [0.15, 0.2) is 11.7 Å². The number of aromatic nitrogens is 1. The summed E-state index contributed by atoms with van der Waals surface area (Å²) in [6.07, 6.45) is 0.251. The second-order valence-electron chi connectivity index (χ2n) is 6.59. The van der Waals surface area contributed by atoms with E-state index in [0.29, 0.717) is 0 Å². The minimum atomic E-state index is -4.13. The first-order chi connectivity index (χ1) is 14.3. The molecule has 0 saturated heterocycles. The summed E-state index contributed by atoms with van der Waals surface area (Å²) in [6.45, 7) is 0. The van der Waals surface area contributed by atoms with Gasteiger partial charge >= 0.3 is 0 Å². The molecule has 0 saturated carbocycles. The molecular formula is C22H16F2N2O3S. The van der Waals surface area contributed by atoms with E-state index in [4.69, 9.17) is 9.56 Å². The molecule has 8 heteroatoms. The lowest BCUT2D eigenvalue weighted by atomic mass is 10.0. The van der Waals surface area contributed by atoms with E-state index in [1.165, 1.54) is 24.3 Å². The van der Waals surface area contributed by atoms with Crippen LogP contribution in [0.1, 0.15) is 11.5 Å². The molecule has 0 unspecified atom stereocenters. The summed E-state index contributed by atoms with van der Waals surface area (Å²) in [5.41, 5.74) is 0.405. The van der Waals surface area contributed by atoms with E-state index >= 15 is 0 Å². The first-order valence-electron chi connectivity index (χ1n) is 8.95. The van der Waals surface area contributed by atoms with Crippen LogP contribution < -0.4 is 5.14 Å². The first kappa shape index (κ1) is 19.9. The lowest BCUT2D eigenvalue weighted by Gasteiger charge is -2.08. The molecule has 4 rings (SSSR count). The molecule has 0 amide bonds. The summed E-state index contributed by atoms with van der Waals surface area (Å²) in [5.74, 6) is -1.58. The molecule has 0 fully saturated rings. The summed E-state index contributed by atoms with van der Waals surface area (Å²) in [4.78, 5) is 4.08. The van der Waals surface area contributed by atoms with Gasteiger partial charge in [-0.2, -0.15) is 0 Å². The molecule has 5 nitrogen and oxygen atoms in total. The van der Waals surface area contributed by atoms with E-state index in [-0.39, 0.29) is 34.2 Å². The van der Waals surface area contributed by atoms with Gasteiger partial charge in [0.2, 0.25) is 10.0 Å². The SMILES string of the molecule is NS(=O)(=O)c1ccccc1-c1oc(Cc2ccccc2)nc1-c1c(F)cccc1F. The number of halogens is 2. The van der Waals surface area contributed by atoms with E-state index in [1.807, 2.05) is 30.3 Å². The van der Waals surface area contributed by atoms with Crippen molar-refractivity contribution in [2.75, 3.05) is 0 Å². The Morgan fingerprint density at radius 2 is 1.50 bits per heavy atom. The smallest absolute Gasteiger partial charge is 0.238 e. The Bertz CT molecular complexity index is 1300. The highest BCUT2D eigenvalue weighted by Gasteiger charge is 2.26. The highest BCUT2D eigenvalue weighted by Crippen LogP contribution is 2.38. The maximum absolute atomic E-state index is 14.5. The standard InChI is InChI=1S/C22H16F2N2O3S/c23-16-10-6-11-17(24)20(16)21-22(15-9-4-5-12-18(15)30(25,27)28)29-19(26-21)13-14-7-2-1-3-8-14/h1-12H,13H2,(H2,25,27,28). The average molecular weight is 426 g/mol. The maximum atomic E-state index is 14.5. The number of rotatable bonds is 5. The molecule has 152 valence electrons. The molecule has 0 radical (unpaired) electrons. The van der Waals surface area contributed by atoms with E-state index in [0.717, 1.165) is 17.7 Å². The van der Waals surface area contributed by atoms with Gasteiger partial charge in [0.25, 0.3) is 0 Å². The van der Waals surface area contributed by atoms with Crippen LogP contribution in [0.4, 0.5) is 8.78 Å². The second-order valence-corrected chi connectivity index (χ2v) is 8.12. The Labute approximate surface area is 171 Å². The van der Waals surface area contributed by atoms with Crippen molar-refractivity contribution in [3.63, 3.8) is 0 Å². The third-order valence-electron chi connectivity index (χ3n) is 4.51. The summed E-state index contributed by atoms with van der Waals surface area (Å²) >= 11 is 0. The first-order valence-corrected chi connectivity index (χ1v) is 10.5. The highest BCUT2D eigenvalue weighted by molar-refractivity contribution is 7.89. The van der Waals surface area contributed by atoms with Gasteiger partial charge in [0, 0.05) is 12.0 Å². The zero-order valence-electron chi connectivity index (χ0n) is 15.5. The van der Waals surface area contributed by atoms with Crippen LogP contribution in [0.15, 0.2) is 82.1 Å². The fourth-order valence-electron chi connectivity index (χ4n) is 3.19. The quantitative estimate of drug-likeness (QED) is 0.508. The van der Waals surface area contributed by atoms with E-state index in [2.05, 4.69) is 4.98 Å². The van der Waals surface area contributed by atoms with Crippen molar-refractivity contribution in [2.24, 2.45) is 5.14 Å². The molecule has 3 aromatic carbocycles. The number of nitrogens with two attached hydrogens (primary N) is 1. The molecule has 0 atom stereocenters. The van der Waals surface area contributed by atoms with Crippen molar-refractivity contribution in [3.8, 4) is 22.6 Å². The van der Waals surface area contributed by atoms with Crippen molar-refractivity contribution in [3.05, 3.63) is 95.9 Å². The van der Waals surface area contributed by atoms with Gasteiger partial charge in [-0.05, 0) is 29.8 Å². The molecule has 0 bridgehead atoms. The fourth-order valence-corrected chi connectivity index (χ4v) is 3.92. The zero-order valence-corrected chi connectivity index (χ0v) is 16.4. The van der Waals surface area contributed by atoms with E-state index in [1.54, 1.807) is 6.07 Å². The lowest BCUT2D eigenvalue weighted by Crippen LogP contribution is -2.13. The summed E-state index contributed by atoms with van der Waals surface area (Å²) < 4.78 is 59.1. The van der Waals surface area contributed by atoms with Crippen LogP contribution in [-0.4, -0.2) is 13.4 Å². The van der Waals surface area contributed by atoms with Crippen molar-refractivity contribution >= 4 is 10.0 Å².